The van der Waals surface area contributed by atoms with E-state index in [9.17, 15) is 0 Å². The molecular formula is C13H10BrN3OS. The molecule has 2 N–H and O–H groups in total. The fraction of sp³-hybridized carbons (Fsp3) is 0.0769. The van der Waals surface area contributed by atoms with Gasteiger partial charge in [-0.15, -0.1) is 0 Å². The van der Waals surface area contributed by atoms with E-state index in [0.717, 1.165) is 26.2 Å². The molecule has 0 aliphatic carbocycles. The maximum absolute atomic E-state index is 5.80. The van der Waals surface area contributed by atoms with E-state index in [1.54, 1.807) is 6.20 Å². The number of benzene rings is 1. The molecule has 6 heteroatoms. The zero-order valence-corrected chi connectivity index (χ0v) is 12.5. The molecule has 0 unspecified atom stereocenters. The Morgan fingerprint density at radius 3 is 2.89 bits per heavy atom. The van der Waals surface area contributed by atoms with Gasteiger partial charge in [-0.2, -0.15) is 0 Å². The van der Waals surface area contributed by atoms with E-state index in [0.29, 0.717) is 10.9 Å². The predicted octanol–water partition coefficient (Wildman–Crippen LogP) is 4.03. The average molecular weight is 336 g/mol. The Morgan fingerprint density at radius 2 is 2.11 bits per heavy atom. The Labute approximate surface area is 122 Å². The number of nitrogen functional groups attached to an aromatic ring is 1. The summed E-state index contributed by atoms with van der Waals surface area (Å²) in [6.45, 7) is 1.94. The zero-order chi connectivity index (χ0) is 13.4. The van der Waals surface area contributed by atoms with E-state index >= 15 is 0 Å². The van der Waals surface area contributed by atoms with Gasteiger partial charge in [0.2, 0.25) is 0 Å². The Bertz CT molecular complexity index is 724. The van der Waals surface area contributed by atoms with Crippen molar-refractivity contribution in [2.75, 3.05) is 5.73 Å². The Morgan fingerprint density at radius 1 is 1.32 bits per heavy atom. The minimum atomic E-state index is 0.568. The van der Waals surface area contributed by atoms with Crippen molar-refractivity contribution in [3.63, 3.8) is 0 Å². The van der Waals surface area contributed by atoms with Gasteiger partial charge in [0.05, 0.1) is 16.4 Å². The van der Waals surface area contributed by atoms with Gasteiger partial charge in [-0.05, 0) is 52.3 Å². The van der Waals surface area contributed by atoms with E-state index in [-0.39, 0.29) is 0 Å². The minimum absolute atomic E-state index is 0.568. The summed E-state index contributed by atoms with van der Waals surface area (Å²) in [4.78, 5) is 8.70. The van der Waals surface area contributed by atoms with Gasteiger partial charge in [-0.3, -0.25) is 0 Å². The predicted molar refractivity (Wildman–Crippen MR) is 79.2 cm³/mol. The summed E-state index contributed by atoms with van der Waals surface area (Å²) in [6, 6.07) is 7.66. The molecule has 0 aliphatic heterocycles. The summed E-state index contributed by atoms with van der Waals surface area (Å²) in [5, 5.41) is 1.36. The number of para-hydroxylation sites is 2. The van der Waals surface area contributed by atoms with Gasteiger partial charge < -0.3 is 10.2 Å². The van der Waals surface area contributed by atoms with Gasteiger partial charge in [-0.1, -0.05) is 12.1 Å². The third kappa shape index (κ3) is 2.33. The second kappa shape index (κ2) is 4.86. The second-order valence-electron chi connectivity index (χ2n) is 4.01. The first-order valence-electron chi connectivity index (χ1n) is 5.59. The highest BCUT2D eigenvalue weighted by molar-refractivity contribution is 9.10. The number of halogens is 1. The number of oxazole rings is 1. The number of pyridine rings is 1. The van der Waals surface area contributed by atoms with Gasteiger partial charge in [0.25, 0.3) is 5.22 Å². The molecule has 3 aromatic rings. The smallest absolute Gasteiger partial charge is 0.263 e. The van der Waals surface area contributed by atoms with Crippen molar-refractivity contribution in [1.82, 2.24) is 9.97 Å². The van der Waals surface area contributed by atoms with Crippen molar-refractivity contribution in [1.29, 1.82) is 0 Å². The number of hydrogen-bond acceptors (Lipinski definition) is 5. The van der Waals surface area contributed by atoms with Gasteiger partial charge in [0.15, 0.2) is 5.58 Å². The van der Waals surface area contributed by atoms with Crippen molar-refractivity contribution in [2.45, 2.75) is 17.2 Å². The largest absolute Gasteiger partial charge is 0.431 e. The number of anilines is 1. The number of fused-ring (bicyclic) bond motifs is 1. The number of rotatable bonds is 2. The van der Waals surface area contributed by atoms with Gasteiger partial charge in [-0.25, -0.2) is 9.97 Å². The molecule has 96 valence electrons. The highest BCUT2D eigenvalue weighted by atomic mass is 79.9. The van der Waals surface area contributed by atoms with Crippen molar-refractivity contribution in [2.24, 2.45) is 0 Å². The summed E-state index contributed by atoms with van der Waals surface area (Å²) in [6.07, 6.45) is 1.64. The van der Waals surface area contributed by atoms with Gasteiger partial charge in [0.1, 0.15) is 10.5 Å². The Hall–Kier alpha value is -1.53. The van der Waals surface area contributed by atoms with E-state index in [1.807, 2.05) is 31.2 Å². The monoisotopic (exact) mass is 335 g/mol. The van der Waals surface area contributed by atoms with Crippen LogP contribution in [0.4, 0.5) is 5.69 Å². The summed E-state index contributed by atoms with van der Waals surface area (Å²) in [5.41, 5.74) is 9.04. The molecule has 0 fully saturated rings. The van der Waals surface area contributed by atoms with Crippen LogP contribution in [0.25, 0.3) is 11.1 Å². The molecule has 0 radical (unpaired) electrons. The summed E-state index contributed by atoms with van der Waals surface area (Å²) in [5.74, 6) is 0. The molecule has 2 heterocycles. The van der Waals surface area contributed by atoms with Crippen LogP contribution in [-0.4, -0.2) is 9.97 Å². The highest BCUT2D eigenvalue weighted by Gasteiger charge is 2.13. The van der Waals surface area contributed by atoms with Crippen LogP contribution >= 0.6 is 27.7 Å². The first-order valence-corrected chi connectivity index (χ1v) is 7.20. The molecule has 0 saturated heterocycles. The van der Waals surface area contributed by atoms with Gasteiger partial charge >= 0.3 is 0 Å². The van der Waals surface area contributed by atoms with Crippen molar-refractivity contribution >= 4 is 44.5 Å². The SMILES string of the molecule is Cc1c(N)cnc(Sc2nc3ccccc3o2)c1Br. The fourth-order valence-electron chi connectivity index (χ4n) is 1.62. The molecular weight excluding hydrogens is 326 g/mol. The Kier molecular flexibility index (Phi) is 3.20. The first-order chi connectivity index (χ1) is 9.15. The minimum Gasteiger partial charge on any atom is -0.431 e. The fourth-order valence-corrected chi connectivity index (χ4v) is 2.98. The zero-order valence-electron chi connectivity index (χ0n) is 10.1. The molecule has 3 rings (SSSR count). The van der Waals surface area contributed by atoms with Crippen LogP contribution in [-0.2, 0) is 0 Å². The molecule has 0 atom stereocenters. The van der Waals surface area contributed by atoms with Gasteiger partial charge in [0, 0.05) is 0 Å². The van der Waals surface area contributed by atoms with Crippen LogP contribution in [0, 0.1) is 6.92 Å². The van der Waals surface area contributed by atoms with Crippen molar-refractivity contribution in [3.8, 4) is 0 Å². The van der Waals surface area contributed by atoms with Crippen LogP contribution in [0.3, 0.4) is 0 Å². The number of aromatic nitrogens is 2. The average Bonchev–Trinajstić information content (AvgIpc) is 2.82. The van der Waals surface area contributed by atoms with Crippen LogP contribution in [0.2, 0.25) is 0 Å². The summed E-state index contributed by atoms with van der Waals surface area (Å²) < 4.78 is 6.53. The van der Waals surface area contributed by atoms with E-state index in [4.69, 9.17) is 10.2 Å². The molecule has 0 amide bonds. The lowest BCUT2D eigenvalue weighted by molar-refractivity contribution is 0.489. The lowest BCUT2D eigenvalue weighted by Crippen LogP contribution is -1.94. The van der Waals surface area contributed by atoms with Crippen LogP contribution < -0.4 is 5.73 Å². The standard InChI is InChI=1S/C13H10BrN3OS/c1-7-8(15)6-16-12(11(7)14)19-13-17-9-4-2-3-5-10(9)18-13/h2-6H,15H2,1H3. The second-order valence-corrected chi connectivity index (χ2v) is 5.74. The van der Waals surface area contributed by atoms with Crippen LogP contribution in [0.5, 0.6) is 0 Å². The van der Waals surface area contributed by atoms with E-state index in [1.165, 1.54) is 11.8 Å². The topological polar surface area (TPSA) is 64.9 Å². The lowest BCUT2D eigenvalue weighted by Gasteiger charge is -2.05. The molecule has 4 nitrogen and oxygen atoms in total. The molecule has 1 aromatic carbocycles. The van der Waals surface area contributed by atoms with Crippen molar-refractivity contribution in [3.05, 3.63) is 40.5 Å². The molecule has 0 aliphatic rings. The third-order valence-electron chi connectivity index (χ3n) is 2.73. The van der Waals surface area contributed by atoms with E-state index in [2.05, 4.69) is 25.9 Å². The van der Waals surface area contributed by atoms with Crippen molar-refractivity contribution < 1.29 is 4.42 Å². The number of nitrogens with two attached hydrogens (primary N) is 1. The van der Waals surface area contributed by atoms with Crippen LogP contribution in [0.15, 0.2) is 49.6 Å². The molecule has 0 bridgehead atoms. The molecule has 2 aromatic heterocycles. The van der Waals surface area contributed by atoms with Crippen LogP contribution in [0.1, 0.15) is 5.56 Å². The first kappa shape index (κ1) is 12.5. The number of hydrogen-bond donors (Lipinski definition) is 1. The normalized spacial score (nSPS) is 11.1. The maximum Gasteiger partial charge on any atom is 0.263 e. The van der Waals surface area contributed by atoms with E-state index < -0.39 is 0 Å². The highest BCUT2D eigenvalue weighted by Crippen LogP contribution is 2.35. The molecule has 19 heavy (non-hydrogen) atoms. The quantitative estimate of drug-likeness (QED) is 0.765. The Balaban J connectivity index is 1.99. The molecule has 0 spiro atoms. The summed E-state index contributed by atoms with van der Waals surface area (Å²) in [7, 11) is 0. The number of nitrogens with zero attached hydrogens (tertiary/aromatic N) is 2. The lowest BCUT2D eigenvalue weighted by atomic mass is 10.3. The maximum atomic E-state index is 5.80. The summed E-state index contributed by atoms with van der Waals surface area (Å²) >= 11 is 4.87. The molecule has 0 saturated carbocycles. The third-order valence-corrected chi connectivity index (χ3v) is 4.81.